The minimum atomic E-state index is -2.91. The molecule has 6 heteroatoms. The van der Waals surface area contributed by atoms with E-state index in [0.717, 1.165) is 0 Å². The number of ether oxygens (including phenoxy) is 1. The molecule has 0 saturated heterocycles. The first-order chi connectivity index (χ1) is 10.5. The first kappa shape index (κ1) is 15.9. The lowest BCUT2D eigenvalue weighted by molar-refractivity contribution is -0.0498. The number of hydrogen-bond donors (Lipinski definition) is 1. The van der Waals surface area contributed by atoms with Gasteiger partial charge in [0.05, 0.1) is 0 Å². The van der Waals surface area contributed by atoms with Crippen molar-refractivity contribution in [2.45, 2.75) is 20.1 Å². The van der Waals surface area contributed by atoms with Crippen LogP contribution in [0, 0.1) is 12.7 Å². The Morgan fingerprint density at radius 3 is 2.45 bits per heavy atom. The minimum Gasteiger partial charge on any atom is -0.435 e. The van der Waals surface area contributed by atoms with Gasteiger partial charge in [0.25, 0.3) is 5.91 Å². The second-order valence-corrected chi connectivity index (χ2v) is 4.67. The number of carbonyl (C=O) groups is 1. The van der Waals surface area contributed by atoms with Gasteiger partial charge in [-0.3, -0.25) is 4.79 Å². The molecular formula is C16H14F3NO2. The Labute approximate surface area is 125 Å². The Hall–Kier alpha value is -2.50. The Balaban J connectivity index is 1.95. The van der Waals surface area contributed by atoms with Gasteiger partial charge in [-0.05, 0) is 48.4 Å². The third-order valence-corrected chi connectivity index (χ3v) is 3.03. The maximum atomic E-state index is 13.4. The molecule has 116 valence electrons. The van der Waals surface area contributed by atoms with E-state index in [0.29, 0.717) is 16.7 Å². The fraction of sp³-hybridized carbons (Fsp3) is 0.188. The Bertz CT molecular complexity index is 657. The first-order valence-electron chi connectivity index (χ1n) is 6.54. The van der Waals surface area contributed by atoms with Gasteiger partial charge in [-0.15, -0.1) is 0 Å². The van der Waals surface area contributed by atoms with Crippen LogP contribution in [-0.4, -0.2) is 12.5 Å². The standard InChI is InChI=1S/C16H14F3NO2/c1-10-2-3-11(8-14(10)17)9-20-15(21)12-4-6-13(7-5-12)22-16(18)19/h2-8,16H,9H2,1H3,(H,20,21). The topological polar surface area (TPSA) is 38.3 Å². The highest BCUT2D eigenvalue weighted by Gasteiger charge is 2.08. The molecule has 2 aromatic carbocycles. The smallest absolute Gasteiger partial charge is 0.387 e. The van der Waals surface area contributed by atoms with Gasteiger partial charge in [0.2, 0.25) is 0 Å². The summed E-state index contributed by atoms with van der Waals surface area (Å²) in [5.41, 5.74) is 1.47. The number of aryl methyl sites for hydroxylation is 1. The fourth-order valence-corrected chi connectivity index (χ4v) is 1.82. The molecule has 22 heavy (non-hydrogen) atoms. The molecule has 0 radical (unpaired) electrons. The van der Waals surface area contributed by atoms with Crippen LogP contribution in [-0.2, 0) is 6.54 Å². The molecule has 0 bridgehead atoms. The quantitative estimate of drug-likeness (QED) is 0.915. The second-order valence-electron chi connectivity index (χ2n) is 4.67. The molecule has 0 aliphatic carbocycles. The van der Waals surface area contributed by atoms with Crippen molar-refractivity contribution in [1.29, 1.82) is 0 Å². The average molecular weight is 309 g/mol. The molecule has 0 unspecified atom stereocenters. The first-order valence-corrected chi connectivity index (χ1v) is 6.54. The number of nitrogens with one attached hydrogen (secondary N) is 1. The van der Waals surface area contributed by atoms with E-state index < -0.39 is 6.61 Å². The number of alkyl halides is 2. The molecule has 0 fully saturated rings. The van der Waals surface area contributed by atoms with Crippen molar-refractivity contribution in [3.63, 3.8) is 0 Å². The molecule has 1 N–H and O–H groups in total. The molecule has 1 amide bonds. The predicted molar refractivity (Wildman–Crippen MR) is 75.4 cm³/mol. The number of halogens is 3. The number of carbonyl (C=O) groups excluding carboxylic acids is 1. The van der Waals surface area contributed by atoms with E-state index in [-0.39, 0.29) is 24.0 Å². The van der Waals surface area contributed by atoms with Crippen LogP contribution in [0.5, 0.6) is 5.75 Å². The van der Waals surface area contributed by atoms with Crippen LogP contribution >= 0.6 is 0 Å². The fourth-order valence-electron chi connectivity index (χ4n) is 1.82. The summed E-state index contributed by atoms with van der Waals surface area (Å²) in [6.07, 6.45) is 0. The molecule has 0 aliphatic heterocycles. The molecule has 2 rings (SSSR count). The highest BCUT2D eigenvalue weighted by molar-refractivity contribution is 5.94. The van der Waals surface area contributed by atoms with Crippen LogP contribution in [0.3, 0.4) is 0 Å². The molecule has 0 aromatic heterocycles. The summed E-state index contributed by atoms with van der Waals surface area (Å²) in [6, 6.07) is 10.0. The van der Waals surface area contributed by atoms with Gasteiger partial charge in [0, 0.05) is 12.1 Å². The molecule has 0 aliphatic rings. The summed E-state index contributed by atoms with van der Waals surface area (Å²) < 4.78 is 41.6. The third kappa shape index (κ3) is 4.25. The molecule has 0 spiro atoms. The van der Waals surface area contributed by atoms with Gasteiger partial charge < -0.3 is 10.1 Å². The Morgan fingerprint density at radius 1 is 1.18 bits per heavy atom. The highest BCUT2D eigenvalue weighted by atomic mass is 19.3. The van der Waals surface area contributed by atoms with Crippen molar-refractivity contribution < 1.29 is 22.7 Å². The molecular weight excluding hydrogens is 295 g/mol. The molecule has 2 aromatic rings. The van der Waals surface area contributed by atoms with Gasteiger partial charge in [0.1, 0.15) is 11.6 Å². The molecule has 3 nitrogen and oxygen atoms in total. The lowest BCUT2D eigenvalue weighted by Crippen LogP contribution is -2.22. The number of benzene rings is 2. The third-order valence-electron chi connectivity index (χ3n) is 3.03. The maximum absolute atomic E-state index is 13.4. The largest absolute Gasteiger partial charge is 0.435 e. The monoisotopic (exact) mass is 309 g/mol. The van der Waals surface area contributed by atoms with Crippen molar-refractivity contribution in [3.8, 4) is 5.75 Å². The van der Waals surface area contributed by atoms with Crippen molar-refractivity contribution in [2.75, 3.05) is 0 Å². The van der Waals surface area contributed by atoms with Crippen LogP contribution in [0.1, 0.15) is 21.5 Å². The number of hydrogen-bond acceptors (Lipinski definition) is 2. The van der Waals surface area contributed by atoms with Crippen molar-refractivity contribution in [2.24, 2.45) is 0 Å². The zero-order chi connectivity index (χ0) is 16.1. The predicted octanol–water partition coefficient (Wildman–Crippen LogP) is 3.67. The molecule has 0 heterocycles. The Kier molecular flexibility index (Phi) is 5.04. The number of rotatable bonds is 5. The summed E-state index contributed by atoms with van der Waals surface area (Å²) >= 11 is 0. The summed E-state index contributed by atoms with van der Waals surface area (Å²) in [4.78, 5) is 11.9. The zero-order valence-corrected chi connectivity index (χ0v) is 11.8. The summed E-state index contributed by atoms with van der Waals surface area (Å²) in [5, 5.41) is 2.63. The zero-order valence-electron chi connectivity index (χ0n) is 11.8. The van der Waals surface area contributed by atoms with Gasteiger partial charge in [0.15, 0.2) is 0 Å². The highest BCUT2D eigenvalue weighted by Crippen LogP contribution is 2.15. The maximum Gasteiger partial charge on any atom is 0.387 e. The van der Waals surface area contributed by atoms with E-state index >= 15 is 0 Å². The SMILES string of the molecule is Cc1ccc(CNC(=O)c2ccc(OC(F)F)cc2)cc1F. The van der Waals surface area contributed by atoms with Crippen LogP contribution in [0.4, 0.5) is 13.2 Å². The Morgan fingerprint density at radius 2 is 1.86 bits per heavy atom. The van der Waals surface area contributed by atoms with Crippen molar-refractivity contribution >= 4 is 5.91 Å². The van der Waals surface area contributed by atoms with Gasteiger partial charge in [-0.1, -0.05) is 12.1 Å². The summed E-state index contributed by atoms with van der Waals surface area (Å²) in [7, 11) is 0. The van der Waals surface area contributed by atoms with Crippen LogP contribution in [0.2, 0.25) is 0 Å². The molecule has 0 atom stereocenters. The van der Waals surface area contributed by atoms with Crippen LogP contribution < -0.4 is 10.1 Å². The van der Waals surface area contributed by atoms with E-state index in [1.54, 1.807) is 19.1 Å². The van der Waals surface area contributed by atoms with Crippen LogP contribution in [0.15, 0.2) is 42.5 Å². The van der Waals surface area contributed by atoms with Gasteiger partial charge >= 0.3 is 6.61 Å². The second kappa shape index (κ2) is 6.98. The van der Waals surface area contributed by atoms with E-state index in [1.165, 1.54) is 30.3 Å². The van der Waals surface area contributed by atoms with E-state index in [1.807, 2.05) is 0 Å². The van der Waals surface area contributed by atoms with E-state index in [2.05, 4.69) is 10.1 Å². The van der Waals surface area contributed by atoms with Crippen molar-refractivity contribution in [1.82, 2.24) is 5.32 Å². The lowest BCUT2D eigenvalue weighted by atomic mass is 10.1. The lowest BCUT2D eigenvalue weighted by Gasteiger charge is -2.08. The normalized spacial score (nSPS) is 10.6. The average Bonchev–Trinajstić information content (AvgIpc) is 2.48. The van der Waals surface area contributed by atoms with E-state index in [9.17, 15) is 18.0 Å². The van der Waals surface area contributed by atoms with Gasteiger partial charge in [-0.25, -0.2) is 4.39 Å². The minimum absolute atomic E-state index is 0.0212. The van der Waals surface area contributed by atoms with Crippen LogP contribution in [0.25, 0.3) is 0 Å². The summed E-state index contributed by atoms with van der Waals surface area (Å²) in [6.45, 7) is -1.08. The van der Waals surface area contributed by atoms with Crippen molar-refractivity contribution in [3.05, 3.63) is 65.0 Å². The summed E-state index contributed by atoms with van der Waals surface area (Å²) in [5.74, 6) is -0.739. The number of amides is 1. The van der Waals surface area contributed by atoms with Gasteiger partial charge in [-0.2, -0.15) is 8.78 Å². The molecule has 0 saturated carbocycles. The van der Waals surface area contributed by atoms with E-state index in [4.69, 9.17) is 0 Å².